The van der Waals surface area contributed by atoms with Gasteiger partial charge in [0.15, 0.2) is 0 Å². The lowest BCUT2D eigenvalue weighted by molar-refractivity contribution is 0.0962. The Hall–Kier alpha value is -4.04. The summed E-state index contributed by atoms with van der Waals surface area (Å²) in [4.78, 5) is 24.4. The van der Waals surface area contributed by atoms with E-state index in [9.17, 15) is 9.59 Å². The molecule has 8 heteroatoms. The number of urea groups is 1. The molecule has 0 heterocycles. The summed E-state index contributed by atoms with van der Waals surface area (Å²) in [5.41, 5.74) is 4.01. The molecular formula is C27H32N4O4. The molecule has 0 aliphatic heterocycles. The zero-order valence-electron chi connectivity index (χ0n) is 20.5. The van der Waals surface area contributed by atoms with Crippen LogP contribution in [0.4, 0.5) is 10.5 Å². The molecule has 3 aromatic rings. The van der Waals surface area contributed by atoms with Crippen molar-refractivity contribution in [3.63, 3.8) is 0 Å². The van der Waals surface area contributed by atoms with Crippen molar-refractivity contribution < 1.29 is 19.1 Å². The van der Waals surface area contributed by atoms with Crippen molar-refractivity contribution in [3.8, 4) is 17.2 Å². The predicted molar refractivity (Wildman–Crippen MR) is 138 cm³/mol. The van der Waals surface area contributed by atoms with Crippen LogP contribution < -0.4 is 30.7 Å². The number of aryl methyl sites for hydroxylation is 2. The Morgan fingerprint density at radius 3 is 2.46 bits per heavy atom. The highest BCUT2D eigenvalue weighted by atomic mass is 16.5. The van der Waals surface area contributed by atoms with Crippen LogP contribution in [0.15, 0.2) is 60.7 Å². The Morgan fingerprint density at radius 1 is 0.914 bits per heavy atom. The Bertz CT molecular complexity index is 1180. The first-order valence-corrected chi connectivity index (χ1v) is 11.4. The monoisotopic (exact) mass is 476 g/mol. The number of rotatable bonds is 10. The number of likely N-dealkylation sites (N-methyl/N-ethyl adjacent to an activating group) is 1. The van der Waals surface area contributed by atoms with Crippen LogP contribution in [0.2, 0.25) is 0 Å². The van der Waals surface area contributed by atoms with E-state index in [0.29, 0.717) is 48.2 Å². The Kier molecular flexibility index (Phi) is 9.09. The minimum absolute atomic E-state index is 0.172. The van der Waals surface area contributed by atoms with E-state index in [1.165, 1.54) is 0 Å². The highest BCUT2D eigenvalue weighted by Gasteiger charge is 2.10. The van der Waals surface area contributed by atoms with Crippen molar-refractivity contribution in [2.45, 2.75) is 20.4 Å². The molecule has 4 N–H and O–H groups in total. The molecule has 0 unspecified atom stereocenters. The van der Waals surface area contributed by atoms with Crippen LogP contribution in [0, 0.1) is 13.8 Å². The molecule has 0 aromatic heterocycles. The van der Waals surface area contributed by atoms with Crippen LogP contribution in [0.25, 0.3) is 0 Å². The Balaban J connectivity index is 1.59. The van der Waals surface area contributed by atoms with Crippen LogP contribution in [0.5, 0.6) is 17.2 Å². The summed E-state index contributed by atoms with van der Waals surface area (Å²) in [6.07, 6.45) is 0. The normalized spacial score (nSPS) is 10.4. The van der Waals surface area contributed by atoms with Crippen LogP contribution in [0.3, 0.4) is 0 Å². The first-order chi connectivity index (χ1) is 16.9. The van der Waals surface area contributed by atoms with Crippen molar-refractivity contribution in [2.24, 2.45) is 0 Å². The highest BCUT2D eigenvalue weighted by molar-refractivity contribution is 5.94. The number of amides is 3. The Labute approximate surface area is 206 Å². The number of hydrogen-bond acceptors (Lipinski definition) is 5. The van der Waals surface area contributed by atoms with E-state index < -0.39 is 0 Å². The molecular weight excluding hydrogens is 444 g/mol. The van der Waals surface area contributed by atoms with Crippen molar-refractivity contribution in [3.05, 3.63) is 82.9 Å². The largest absolute Gasteiger partial charge is 0.490 e. The smallest absolute Gasteiger partial charge is 0.319 e. The maximum Gasteiger partial charge on any atom is 0.319 e. The Morgan fingerprint density at radius 2 is 1.71 bits per heavy atom. The molecule has 0 saturated carbocycles. The first kappa shape index (κ1) is 25.6. The van der Waals surface area contributed by atoms with E-state index in [-0.39, 0.29) is 11.9 Å². The maximum atomic E-state index is 12.5. The van der Waals surface area contributed by atoms with Gasteiger partial charge in [0.25, 0.3) is 5.91 Å². The number of carbonyl (C=O) groups is 2. The van der Waals surface area contributed by atoms with Gasteiger partial charge in [0.05, 0.1) is 5.69 Å². The van der Waals surface area contributed by atoms with E-state index in [1.807, 2.05) is 57.3 Å². The van der Waals surface area contributed by atoms with Crippen molar-refractivity contribution in [2.75, 3.05) is 32.6 Å². The molecule has 0 bridgehead atoms. The minimum atomic E-state index is -0.321. The fourth-order valence-electron chi connectivity index (χ4n) is 3.39. The van der Waals surface area contributed by atoms with E-state index >= 15 is 0 Å². The molecule has 0 saturated heterocycles. The van der Waals surface area contributed by atoms with Gasteiger partial charge in [-0.25, -0.2) is 4.79 Å². The number of anilines is 1. The molecule has 3 aromatic carbocycles. The molecule has 3 rings (SSSR count). The number of carbonyl (C=O) groups excluding carboxylic acids is 2. The van der Waals surface area contributed by atoms with Gasteiger partial charge in [-0.3, -0.25) is 4.79 Å². The molecule has 0 fully saturated rings. The van der Waals surface area contributed by atoms with Crippen molar-refractivity contribution in [1.82, 2.24) is 16.0 Å². The van der Waals surface area contributed by atoms with Gasteiger partial charge in [-0.15, -0.1) is 0 Å². The number of ether oxygens (including phenoxy) is 2. The van der Waals surface area contributed by atoms with Gasteiger partial charge >= 0.3 is 6.03 Å². The van der Waals surface area contributed by atoms with E-state index in [2.05, 4.69) is 21.3 Å². The molecule has 184 valence electrons. The number of nitrogens with one attached hydrogen (secondary N) is 4. The fraction of sp³-hybridized carbons (Fsp3) is 0.259. The second kappa shape index (κ2) is 12.4. The topological polar surface area (TPSA) is 101 Å². The molecule has 0 atom stereocenters. The molecule has 0 spiro atoms. The van der Waals surface area contributed by atoms with Crippen LogP contribution in [0.1, 0.15) is 27.0 Å². The standard InChI is InChI=1S/C27H32N4O4/c1-18-8-10-25(34-13-12-28-3)23(14-18)31-27(33)30-17-20-9-11-24(19(2)15-20)35-22-7-5-6-21(16-22)26(32)29-4/h5-11,14-16,28H,12-13,17H2,1-4H3,(H,29,32)(H2,30,31,33). The molecule has 35 heavy (non-hydrogen) atoms. The van der Waals surface area contributed by atoms with Gasteiger partial charge in [-0.05, 0) is 74.0 Å². The van der Waals surface area contributed by atoms with Gasteiger partial charge < -0.3 is 30.7 Å². The summed E-state index contributed by atoms with van der Waals surface area (Å²) < 4.78 is 11.7. The lowest BCUT2D eigenvalue weighted by atomic mass is 10.1. The molecule has 3 amide bonds. The third-order valence-corrected chi connectivity index (χ3v) is 5.24. The van der Waals surface area contributed by atoms with Gasteiger partial charge in [0, 0.05) is 25.7 Å². The summed E-state index contributed by atoms with van der Waals surface area (Å²) >= 11 is 0. The number of hydrogen-bond donors (Lipinski definition) is 4. The predicted octanol–water partition coefficient (Wildman–Crippen LogP) is 4.38. The van der Waals surface area contributed by atoms with E-state index in [0.717, 1.165) is 16.7 Å². The van der Waals surface area contributed by atoms with Crippen LogP contribution in [-0.2, 0) is 6.54 Å². The minimum Gasteiger partial charge on any atom is -0.490 e. The lowest BCUT2D eigenvalue weighted by Gasteiger charge is -2.14. The van der Waals surface area contributed by atoms with Gasteiger partial charge in [-0.2, -0.15) is 0 Å². The summed E-state index contributed by atoms with van der Waals surface area (Å²) in [6, 6.07) is 18.1. The zero-order chi connectivity index (χ0) is 25.2. The second-order valence-electron chi connectivity index (χ2n) is 8.07. The second-order valence-corrected chi connectivity index (χ2v) is 8.07. The fourth-order valence-corrected chi connectivity index (χ4v) is 3.39. The lowest BCUT2D eigenvalue weighted by Crippen LogP contribution is -2.28. The molecule has 0 radical (unpaired) electrons. The SMILES string of the molecule is CNCCOc1ccc(C)cc1NC(=O)NCc1ccc(Oc2cccc(C(=O)NC)c2)c(C)c1. The van der Waals surface area contributed by atoms with Crippen LogP contribution in [-0.4, -0.2) is 39.2 Å². The summed E-state index contributed by atoms with van der Waals surface area (Å²) in [5, 5.41) is 11.4. The molecule has 8 nitrogen and oxygen atoms in total. The number of benzene rings is 3. The summed E-state index contributed by atoms with van der Waals surface area (Å²) in [6.45, 7) is 5.45. The third kappa shape index (κ3) is 7.48. The van der Waals surface area contributed by atoms with E-state index in [4.69, 9.17) is 9.47 Å². The zero-order valence-corrected chi connectivity index (χ0v) is 20.5. The van der Waals surface area contributed by atoms with Crippen LogP contribution >= 0.6 is 0 Å². The molecule has 0 aliphatic rings. The average Bonchev–Trinajstić information content (AvgIpc) is 2.85. The summed E-state index contributed by atoms with van der Waals surface area (Å²) in [5.74, 6) is 1.70. The highest BCUT2D eigenvalue weighted by Crippen LogP contribution is 2.27. The van der Waals surface area contributed by atoms with Crippen molar-refractivity contribution >= 4 is 17.6 Å². The molecule has 0 aliphatic carbocycles. The van der Waals surface area contributed by atoms with E-state index in [1.54, 1.807) is 31.3 Å². The first-order valence-electron chi connectivity index (χ1n) is 11.4. The van der Waals surface area contributed by atoms with Gasteiger partial charge in [0.1, 0.15) is 23.9 Å². The maximum absolute atomic E-state index is 12.5. The average molecular weight is 477 g/mol. The van der Waals surface area contributed by atoms with Crippen molar-refractivity contribution in [1.29, 1.82) is 0 Å². The third-order valence-electron chi connectivity index (χ3n) is 5.24. The van der Waals surface area contributed by atoms with Gasteiger partial charge in [0.2, 0.25) is 0 Å². The van der Waals surface area contributed by atoms with Gasteiger partial charge in [-0.1, -0.05) is 24.3 Å². The summed E-state index contributed by atoms with van der Waals surface area (Å²) in [7, 11) is 3.45. The quantitative estimate of drug-likeness (QED) is 0.326.